The molecular weight excluding hydrogens is 357 g/mol. The number of hydrogen-bond donors (Lipinski definition) is 4. The van der Waals surface area contributed by atoms with Crippen molar-refractivity contribution in [1.82, 2.24) is 10.6 Å². The molecule has 1 unspecified atom stereocenters. The van der Waals surface area contributed by atoms with Gasteiger partial charge in [0.2, 0.25) is 5.91 Å². The van der Waals surface area contributed by atoms with Crippen molar-refractivity contribution in [2.45, 2.75) is 25.8 Å². The van der Waals surface area contributed by atoms with Crippen LogP contribution in [0.1, 0.15) is 19.8 Å². The smallest absolute Gasteiger partial charge is 0.319 e. The normalized spacial score (nSPS) is 11.6. The molecule has 0 aliphatic heterocycles. The maximum Gasteiger partial charge on any atom is 0.319 e. The van der Waals surface area contributed by atoms with E-state index in [0.717, 1.165) is 0 Å². The third-order valence-electron chi connectivity index (χ3n) is 2.79. The van der Waals surface area contributed by atoms with Gasteiger partial charge in [-0.3, -0.25) is 4.79 Å². The van der Waals surface area contributed by atoms with Gasteiger partial charge in [-0.15, -0.1) is 0 Å². The number of amides is 3. The second kappa shape index (κ2) is 9.37. The minimum atomic E-state index is -0.741. The molecule has 122 valence electrons. The van der Waals surface area contributed by atoms with Crippen LogP contribution >= 0.6 is 15.9 Å². The van der Waals surface area contributed by atoms with E-state index < -0.39 is 17.9 Å². The Labute approximate surface area is 136 Å². The van der Waals surface area contributed by atoms with Gasteiger partial charge in [0, 0.05) is 11.0 Å². The van der Waals surface area contributed by atoms with Gasteiger partial charge in [0.05, 0.1) is 12.3 Å². The molecule has 22 heavy (non-hydrogen) atoms. The van der Waals surface area contributed by atoms with Crippen LogP contribution < -0.4 is 16.0 Å². The SMILES string of the molecule is CCCC(NC(=O)Nc1ccc(Br)cc1F)C(=O)NCCO. The van der Waals surface area contributed by atoms with E-state index in [-0.39, 0.29) is 24.7 Å². The fraction of sp³-hybridized carbons (Fsp3) is 0.429. The molecule has 0 radical (unpaired) electrons. The molecular formula is C14H19BrFN3O3. The largest absolute Gasteiger partial charge is 0.395 e. The second-order valence-corrected chi connectivity index (χ2v) is 5.49. The molecule has 1 aromatic carbocycles. The topological polar surface area (TPSA) is 90.5 Å². The monoisotopic (exact) mass is 375 g/mol. The molecule has 0 saturated carbocycles. The number of carbonyl (C=O) groups excluding carboxylic acids is 2. The lowest BCUT2D eigenvalue weighted by molar-refractivity contribution is -0.123. The average molecular weight is 376 g/mol. The number of aliphatic hydroxyl groups is 1. The fourth-order valence-electron chi connectivity index (χ4n) is 1.77. The highest BCUT2D eigenvalue weighted by Gasteiger charge is 2.20. The van der Waals surface area contributed by atoms with Crippen molar-refractivity contribution in [3.63, 3.8) is 0 Å². The van der Waals surface area contributed by atoms with Gasteiger partial charge in [-0.2, -0.15) is 0 Å². The van der Waals surface area contributed by atoms with E-state index in [0.29, 0.717) is 17.3 Å². The number of benzene rings is 1. The molecule has 0 spiro atoms. The lowest BCUT2D eigenvalue weighted by Gasteiger charge is -2.18. The fourth-order valence-corrected chi connectivity index (χ4v) is 2.10. The standard InChI is InChI=1S/C14H19BrFN3O3/c1-2-3-12(13(21)17-6-7-20)19-14(22)18-11-5-4-9(15)8-10(11)16/h4-5,8,12,20H,2-3,6-7H2,1H3,(H,17,21)(H2,18,19,22). The van der Waals surface area contributed by atoms with Gasteiger partial charge >= 0.3 is 6.03 Å². The molecule has 0 aromatic heterocycles. The highest BCUT2D eigenvalue weighted by Crippen LogP contribution is 2.19. The van der Waals surface area contributed by atoms with Crippen LogP contribution in [0.3, 0.4) is 0 Å². The molecule has 0 aliphatic carbocycles. The summed E-state index contributed by atoms with van der Waals surface area (Å²) in [5, 5.41) is 16.0. The summed E-state index contributed by atoms with van der Waals surface area (Å²) in [4.78, 5) is 23.7. The molecule has 3 amide bonds. The van der Waals surface area contributed by atoms with Gasteiger partial charge in [-0.1, -0.05) is 29.3 Å². The van der Waals surface area contributed by atoms with E-state index in [1.165, 1.54) is 12.1 Å². The van der Waals surface area contributed by atoms with Crippen molar-refractivity contribution in [2.24, 2.45) is 0 Å². The van der Waals surface area contributed by atoms with Crippen LogP contribution in [0.5, 0.6) is 0 Å². The molecule has 0 saturated heterocycles. The van der Waals surface area contributed by atoms with Crippen molar-refractivity contribution in [3.8, 4) is 0 Å². The van der Waals surface area contributed by atoms with Crippen molar-refractivity contribution >= 4 is 33.6 Å². The summed E-state index contributed by atoms with van der Waals surface area (Å²) in [6.45, 7) is 1.81. The zero-order valence-corrected chi connectivity index (χ0v) is 13.7. The van der Waals surface area contributed by atoms with Crippen LogP contribution in [0.2, 0.25) is 0 Å². The zero-order chi connectivity index (χ0) is 16.5. The molecule has 0 fully saturated rings. The number of halogens is 2. The maximum atomic E-state index is 13.6. The average Bonchev–Trinajstić information content (AvgIpc) is 2.47. The molecule has 1 atom stereocenters. The Morgan fingerprint density at radius 3 is 2.73 bits per heavy atom. The van der Waals surface area contributed by atoms with Crippen LogP contribution in [0.25, 0.3) is 0 Å². The van der Waals surface area contributed by atoms with Crippen molar-refractivity contribution in [1.29, 1.82) is 0 Å². The first-order chi connectivity index (χ1) is 10.5. The molecule has 6 nitrogen and oxygen atoms in total. The highest BCUT2D eigenvalue weighted by atomic mass is 79.9. The third kappa shape index (κ3) is 5.98. The maximum absolute atomic E-state index is 13.6. The lowest BCUT2D eigenvalue weighted by atomic mass is 10.1. The quantitative estimate of drug-likeness (QED) is 0.587. The summed E-state index contributed by atoms with van der Waals surface area (Å²) >= 11 is 3.12. The Morgan fingerprint density at radius 2 is 2.14 bits per heavy atom. The van der Waals surface area contributed by atoms with Gasteiger partial charge < -0.3 is 21.1 Å². The highest BCUT2D eigenvalue weighted by molar-refractivity contribution is 9.10. The van der Waals surface area contributed by atoms with Gasteiger partial charge in [-0.05, 0) is 24.6 Å². The van der Waals surface area contributed by atoms with Crippen molar-refractivity contribution in [2.75, 3.05) is 18.5 Å². The predicted octanol–water partition coefficient (Wildman–Crippen LogP) is 1.99. The first-order valence-electron chi connectivity index (χ1n) is 6.89. The number of hydrogen-bond acceptors (Lipinski definition) is 3. The number of nitrogens with one attached hydrogen (secondary N) is 3. The Bertz CT molecular complexity index is 528. The Kier molecular flexibility index (Phi) is 7.83. The second-order valence-electron chi connectivity index (χ2n) is 4.58. The van der Waals surface area contributed by atoms with Crippen molar-refractivity contribution < 1.29 is 19.1 Å². The minimum Gasteiger partial charge on any atom is -0.395 e. The molecule has 1 aromatic rings. The molecule has 8 heteroatoms. The zero-order valence-electron chi connectivity index (χ0n) is 12.2. The lowest BCUT2D eigenvalue weighted by Crippen LogP contribution is -2.48. The van der Waals surface area contributed by atoms with Crippen LogP contribution in [0.15, 0.2) is 22.7 Å². The van der Waals surface area contributed by atoms with E-state index in [4.69, 9.17) is 5.11 Å². The van der Waals surface area contributed by atoms with Crippen LogP contribution in [0, 0.1) is 5.82 Å². The number of urea groups is 1. The Morgan fingerprint density at radius 1 is 1.41 bits per heavy atom. The minimum absolute atomic E-state index is 0.0201. The summed E-state index contributed by atoms with van der Waals surface area (Å²) in [7, 11) is 0. The molecule has 0 heterocycles. The number of anilines is 1. The molecule has 1 rings (SSSR count). The summed E-state index contributed by atoms with van der Waals surface area (Å²) in [6, 6.07) is 2.83. The van der Waals surface area contributed by atoms with Crippen LogP contribution in [-0.4, -0.2) is 36.2 Å². The summed E-state index contributed by atoms with van der Waals surface area (Å²) < 4.78 is 14.2. The van der Waals surface area contributed by atoms with Gasteiger partial charge in [-0.25, -0.2) is 9.18 Å². The first kappa shape index (κ1) is 18.4. The van der Waals surface area contributed by atoms with Gasteiger partial charge in [0.15, 0.2) is 0 Å². The number of rotatable bonds is 7. The van der Waals surface area contributed by atoms with E-state index >= 15 is 0 Å². The van der Waals surface area contributed by atoms with Gasteiger partial charge in [0.25, 0.3) is 0 Å². The molecule has 4 N–H and O–H groups in total. The van der Waals surface area contributed by atoms with E-state index in [1.807, 2.05) is 6.92 Å². The number of carbonyl (C=O) groups is 2. The van der Waals surface area contributed by atoms with E-state index in [1.54, 1.807) is 6.07 Å². The van der Waals surface area contributed by atoms with Crippen LogP contribution in [0.4, 0.5) is 14.9 Å². The number of aliphatic hydroxyl groups excluding tert-OH is 1. The molecule has 0 aliphatic rings. The predicted molar refractivity (Wildman–Crippen MR) is 85.0 cm³/mol. The van der Waals surface area contributed by atoms with Gasteiger partial charge in [0.1, 0.15) is 11.9 Å². The van der Waals surface area contributed by atoms with Crippen LogP contribution in [-0.2, 0) is 4.79 Å². The first-order valence-corrected chi connectivity index (χ1v) is 7.68. The van der Waals surface area contributed by atoms with E-state index in [2.05, 4.69) is 31.9 Å². The molecule has 0 bridgehead atoms. The third-order valence-corrected chi connectivity index (χ3v) is 3.28. The summed E-state index contributed by atoms with van der Waals surface area (Å²) in [5.41, 5.74) is 0.0201. The Balaban J connectivity index is 2.64. The summed E-state index contributed by atoms with van der Waals surface area (Å²) in [5.74, 6) is -0.969. The summed E-state index contributed by atoms with van der Waals surface area (Å²) in [6.07, 6.45) is 1.12. The van der Waals surface area contributed by atoms with Crippen molar-refractivity contribution in [3.05, 3.63) is 28.5 Å². The Hall–Kier alpha value is -1.67. The van der Waals surface area contributed by atoms with E-state index in [9.17, 15) is 14.0 Å².